The number of nitrogens with zero attached hydrogens (tertiary/aromatic N) is 1. The van der Waals surface area contributed by atoms with Gasteiger partial charge in [0.05, 0.1) is 0 Å². The molecule has 2 aliphatic rings. The summed E-state index contributed by atoms with van der Waals surface area (Å²) in [6, 6.07) is 0. The van der Waals surface area contributed by atoms with Gasteiger partial charge in [-0.25, -0.2) is 4.72 Å². The molecule has 0 bridgehead atoms. The van der Waals surface area contributed by atoms with Crippen LogP contribution < -0.4 is 10.0 Å². The molecule has 1 saturated carbocycles. The highest BCUT2D eigenvalue weighted by Gasteiger charge is 2.64. The zero-order valence-electron chi connectivity index (χ0n) is 14.1. The van der Waals surface area contributed by atoms with Gasteiger partial charge < -0.3 is 5.32 Å². The van der Waals surface area contributed by atoms with E-state index in [9.17, 15) is 8.42 Å². The lowest BCUT2D eigenvalue weighted by atomic mass is 9.98. The number of piperidine rings is 1. The van der Waals surface area contributed by atoms with Crippen LogP contribution in [-0.4, -0.2) is 45.9 Å². The Morgan fingerprint density at radius 1 is 1.05 bits per heavy atom. The minimum Gasteiger partial charge on any atom is -0.319 e. The third kappa shape index (κ3) is 3.28. The summed E-state index contributed by atoms with van der Waals surface area (Å²) in [6.45, 7) is 11.7. The normalized spacial score (nSPS) is 26.9. The Kier molecular flexibility index (Phi) is 4.74. The Bertz CT molecular complexity index is 451. The Balaban J connectivity index is 1.84. The summed E-state index contributed by atoms with van der Waals surface area (Å²) in [6.07, 6.45) is 1.89. The van der Waals surface area contributed by atoms with Crippen LogP contribution in [0.3, 0.4) is 0 Å². The molecule has 2 N–H and O–H groups in total. The lowest BCUT2D eigenvalue weighted by Gasteiger charge is -2.31. The van der Waals surface area contributed by atoms with Crippen LogP contribution in [0.1, 0.15) is 40.5 Å². The van der Waals surface area contributed by atoms with Crippen molar-refractivity contribution in [3.8, 4) is 0 Å². The molecule has 0 amide bonds. The zero-order chi connectivity index (χ0) is 15.9. The van der Waals surface area contributed by atoms with Crippen LogP contribution in [0.4, 0.5) is 0 Å². The van der Waals surface area contributed by atoms with Crippen molar-refractivity contribution in [2.45, 2.75) is 40.5 Å². The number of nitrogens with one attached hydrogen (secondary N) is 2. The first-order chi connectivity index (χ1) is 9.63. The van der Waals surface area contributed by atoms with E-state index in [2.05, 4.69) is 37.7 Å². The molecule has 1 aliphatic heterocycles. The molecular weight excluding hydrogens is 286 g/mol. The molecule has 2 rings (SSSR count). The fourth-order valence-electron chi connectivity index (χ4n) is 3.77. The van der Waals surface area contributed by atoms with Gasteiger partial charge in [-0.3, -0.25) is 0 Å². The van der Waals surface area contributed by atoms with Gasteiger partial charge in [-0.2, -0.15) is 12.7 Å². The van der Waals surface area contributed by atoms with Gasteiger partial charge in [0.15, 0.2) is 0 Å². The van der Waals surface area contributed by atoms with E-state index in [-0.39, 0.29) is 10.8 Å². The summed E-state index contributed by atoms with van der Waals surface area (Å²) in [7, 11) is -1.37. The summed E-state index contributed by atoms with van der Waals surface area (Å²) >= 11 is 0. The van der Waals surface area contributed by atoms with Gasteiger partial charge in [-0.05, 0) is 49.1 Å². The molecule has 6 heteroatoms. The van der Waals surface area contributed by atoms with Gasteiger partial charge in [-0.15, -0.1) is 0 Å². The number of hydrogen-bond donors (Lipinski definition) is 2. The fourth-order valence-corrected chi connectivity index (χ4v) is 5.02. The zero-order valence-corrected chi connectivity index (χ0v) is 14.9. The van der Waals surface area contributed by atoms with Crippen LogP contribution in [-0.2, 0) is 10.2 Å². The number of hydrogen-bond acceptors (Lipinski definition) is 3. The molecule has 0 spiro atoms. The molecule has 5 nitrogen and oxygen atoms in total. The minimum atomic E-state index is -3.31. The van der Waals surface area contributed by atoms with Crippen molar-refractivity contribution in [3.63, 3.8) is 0 Å². The van der Waals surface area contributed by atoms with Gasteiger partial charge >= 0.3 is 0 Å². The maximum absolute atomic E-state index is 12.4. The maximum atomic E-state index is 12.4. The van der Waals surface area contributed by atoms with Crippen LogP contribution >= 0.6 is 0 Å². The molecule has 124 valence electrons. The van der Waals surface area contributed by atoms with Crippen LogP contribution in [0.25, 0.3) is 0 Å². The number of rotatable bonds is 6. The maximum Gasteiger partial charge on any atom is 0.279 e. The molecule has 1 saturated heterocycles. The van der Waals surface area contributed by atoms with Crippen LogP contribution in [0, 0.1) is 22.7 Å². The predicted molar refractivity (Wildman–Crippen MR) is 86.2 cm³/mol. The van der Waals surface area contributed by atoms with Crippen LogP contribution in [0.2, 0.25) is 0 Å². The molecule has 0 radical (unpaired) electrons. The van der Waals surface area contributed by atoms with Crippen molar-refractivity contribution in [3.05, 3.63) is 0 Å². The van der Waals surface area contributed by atoms with Crippen molar-refractivity contribution in [2.24, 2.45) is 22.7 Å². The average Bonchev–Trinajstić information content (AvgIpc) is 2.78. The van der Waals surface area contributed by atoms with E-state index in [0.29, 0.717) is 31.5 Å². The highest BCUT2D eigenvalue weighted by molar-refractivity contribution is 7.87. The van der Waals surface area contributed by atoms with E-state index >= 15 is 0 Å². The van der Waals surface area contributed by atoms with E-state index in [4.69, 9.17) is 0 Å². The molecule has 0 aromatic rings. The van der Waals surface area contributed by atoms with Crippen molar-refractivity contribution >= 4 is 10.2 Å². The van der Waals surface area contributed by atoms with E-state index in [1.807, 2.05) is 7.05 Å². The summed E-state index contributed by atoms with van der Waals surface area (Å²) < 4.78 is 29.3. The Morgan fingerprint density at radius 2 is 1.57 bits per heavy atom. The van der Waals surface area contributed by atoms with Crippen LogP contribution in [0.15, 0.2) is 0 Å². The lowest BCUT2D eigenvalue weighted by molar-refractivity contribution is 0.268. The van der Waals surface area contributed by atoms with Gasteiger partial charge in [-0.1, -0.05) is 27.7 Å². The monoisotopic (exact) mass is 317 g/mol. The highest BCUT2D eigenvalue weighted by Crippen LogP contribution is 2.67. The molecule has 0 unspecified atom stereocenters. The summed E-state index contributed by atoms with van der Waals surface area (Å²) in [5.74, 6) is 1.02. The van der Waals surface area contributed by atoms with E-state index in [0.717, 1.165) is 19.4 Å². The first kappa shape index (κ1) is 17.2. The summed E-state index contributed by atoms with van der Waals surface area (Å²) in [5, 5.41) is 3.17. The van der Waals surface area contributed by atoms with Gasteiger partial charge in [0, 0.05) is 19.6 Å². The third-order valence-electron chi connectivity index (χ3n) is 6.20. The van der Waals surface area contributed by atoms with E-state index in [1.165, 1.54) is 0 Å². The molecule has 21 heavy (non-hydrogen) atoms. The molecular formula is C15H31N3O2S. The Labute approximate surface area is 130 Å². The second-order valence-electron chi connectivity index (χ2n) is 7.75. The summed E-state index contributed by atoms with van der Waals surface area (Å²) in [4.78, 5) is 0. The predicted octanol–water partition coefficient (Wildman–Crippen LogP) is 1.43. The highest BCUT2D eigenvalue weighted by atomic mass is 32.2. The Hall–Kier alpha value is -0.170. The topological polar surface area (TPSA) is 61.4 Å². The molecule has 1 heterocycles. The molecule has 2 fully saturated rings. The van der Waals surface area contributed by atoms with Crippen molar-refractivity contribution in [1.82, 2.24) is 14.3 Å². The standard InChI is InChI=1S/C15H31N3O2S/c1-14(2)13(15(14,3)4)11-17-21(19,20)18-8-6-12(7-9-18)10-16-5/h12-13,16-17H,6-11H2,1-5H3. The molecule has 0 aromatic heterocycles. The quantitative estimate of drug-likeness (QED) is 0.779. The average molecular weight is 317 g/mol. The van der Waals surface area contributed by atoms with E-state index < -0.39 is 10.2 Å². The van der Waals surface area contributed by atoms with Crippen molar-refractivity contribution in [2.75, 3.05) is 33.2 Å². The fraction of sp³-hybridized carbons (Fsp3) is 1.00. The van der Waals surface area contributed by atoms with E-state index in [1.54, 1.807) is 4.31 Å². The van der Waals surface area contributed by atoms with Gasteiger partial charge in [0.2, 0.25) is 0 Å². The van der Waals surface area contributed by atoms with Crippen molar-refractivity contribution < 1.29 is 8.42 Å². The van der Waals surface area contributed by atoms with Crippen LogP contribution in [0.5, 0.6) is 0 Å². The molecule has 0 aromatic carbocycles. The largest absolute Gasteiger partial charge is 0.319 e. The van der Waals surface area contributed by atoms with Crippen molar-refractivity contribution in [1.29, 1.82) is 0 Å². The second-order valence-corrected chi connectivity index (χ2v) is 9.50. The summed E-state index contributed by atoms with van der Waals surface area (Å²) in [5.41, 5.74) is 0.435. The lowest BCUT2D eigenvalue weighted by Crippen LogP contribution is -2.46. The first-order valence-electron chi connectivity index (χ1n) is 8.02. The smallest absolute Gasteiger partial charge is 0.279 e. The third-order valence-corrected chi connectivity index (χ3v) is 7.77. The first-order valence-corrected chi connectivity index (χ1v) is 9.46. The second kappa shape index (κ2) is 5.80. The van der Waals surface area contributed by atoms with Gasteiger partial charge in [0.1, 0.15) is 0 Å². The minimum absolute atomic E-state index is 0.218. The van der Waals surface area contributed by atoms with Gasteiger partial charge in [0.25, 0.3) is 10.2 Å². The molecule has 1 aliphatic carbocycles. The SMILES string of the molecule is CNCC1CCN(S(=O)(=O)NCC2C(C)(C)C2(C)C)CC1. The molecule has 0 atom stereocenters. The Morgan fingerprint density at radius 3 is 2.00 bits per heavy atom.